The van der Waals surface area contributed by atoms with Crippen LogP contribution in [0.1, 0.15) is 32.2 Å². The van der Waals surface area contributed by atoms with E-state index in [9.17, 15) is 8.78 Å². The van der Waals surface area contributed by atoms with Crippen LogP contribution in [0.5, 0.6) is 0 Å². The summed E-state index contributed by atoms with van der Waals surface area (Å²) in [4.78, 5) is 13.0. The van der Waals surface area contributed by atoms with Crippen LogP contribution in [0.3, 0.4) is 0 Å². The molecule has 0 bridgehead atoms. The van der Waals surface area contributed by atoms with Gasteiger partial charge in [0.25, 0.3) is 0 Å². The Kier molecular flexibility index (Phi) is 5.18. The zero-order chi connectivity index (χ0) is 22.2. The lowest BCUT2D eigenvalue weighted by Crippen LogP contribution is -2.15. The van der Waals surface area contributed by atoms with Gasteiger partial charge in [-0.1, -0.05) is 32.1 Å². The van der Waals surface area contributed by atoms with E-state index in [1.165, 1.54) is 6.07 Å². The molecule has 1 aromatic carbocycles. The predicted molar refractivity (Wildman–Crippen MR) is 113 cm³/mol. The van der Waals surface area contributed by atoms with Gasteiger partial charge in [0.1, 0.15) is 5.69 Å². The molecule has 4 rings (SSSR count). The van der Waals surface area contributed by atoms with Crippen molar-refractivity contribution in [3.8, 4) is 22.6 Å². The Morgan fingerprint density at radius 2 is 1.68 bits per heavy atom. The molecule has 2 N–H and O–H groups in total. The fraction of sp³-hybridized carbons (Fsp3) is 0.227. The van der Waals surface area contributed by atoms with Crippen LogP contribution in [0.4, 0.5) is 14.7 Å². The number of anilines is 1. The molecule has 0 aliphatic rings. The third-order valence-electron chi connectivity index (χ3n) is 4.66. The quantitative estimate of drug-likeness (QED) is 0.535. The van der Waals surface area contributed by atoms with E-state index < -0.39 is 11.6 Å². The summed E-state index contributed by atoms with van der Waals surface area (Å²) in [6.45, 7) is 6.76. The zero-order valence-corrected chi connectivity index (χ0v) is 17.3. The molecule has 3 heterocycles. The van der Waals surface area contributed by atoms with E-state index in [-0.39, 0.29) is 11.4 Å². The molecule has 0 atom stereocenters. The van der Waals surface area contributed by atoms with Crippen LogP contribution >= 0.6 is 0 Å². The summed E-state index contributed by atoms with van der Waals surface area (Å²) in [6.07, 6.45) is 1.72. The lowest BCUT2D eigenvalue weighted by Gasteiger charge is -2.18. The minimum Gasteiger partial charge on any atom is -0.368 e. The summed E-state index contributed by atoms with van der Waals surface area (Å²) >= 11 is 0. The SMILES string of the molecule is CC(C)(C)c1cccc(Cn2cc(-c3cc(-c4ccc(F)c(F)c4)nc(N)n3)nn2)n1. The topological polar surface area (TPSA) is 95.4 Å². The van der Waals surface area contributed by atoms with Crippen LogP contribution < -0.4 is 5.73 Å². The van der Waals surface area contributed by atoms with E-state index in [1.54, 1.807) is 16.9 Å². The van der Waals surface area contributed by atoms with Crippen molar-refractivity contribution < 1.29 is 8.78 Å². The number of hydrogen-bond donors (Lipinski definition) is 1. The highest BCUT2D eigenvalue weighted by Crippen LogP contribution is 2.25. The van der Waals surface area contributed by atoms with E-state index in [2.05, 4.69) is 41.1 Å². The third-order valence-corrected chi connectivity index (χ3v) is 4.66. The van der Waals surface area contributed by atoms with E-state index in [0.29, 0.717) is 29.2 Å². The number of halogens is 2. The van der Waals surface area contributed by atoms with Crippen molar-refractivity contribution in [2.45, 2.75) is 32.7 Å². The summed E-state index contributed by atoms with van der Waals surface area (Å²) in [6, 6.07) is 11.0. The number of aromatic nitrogens is 6. The van der Waals surface area contributed by atoms with E-state index in [1.807, 2.05) is 18.2 Å². The van der Waals surface area contributed by atoms with Crippen LogP contribution in [0.2, 0.25) is 0 Å². The third kappa shape index (κ3) is 4.55. The van der Waals surface area contributed by atoms with Crippen molar-refractivity contribution in [2.75, 3.05) is 5.73 Å². The molecule has 31 heavy (non-hydrogen) atoms. The smallest absolute Gasteiger partial charge is 0.221 e. The van der Waals surface area contributed by atoms with Gasteiger partial charge in [-0.25, -0.2) is 23.4 Å². The predicted octanol–water partition coefficient (Wildman–Crippen LogP) is 4.00. The average Bonchev–Trinajstić information content (AvgIpc) is 3.18. The molecule has 9 heteroatoms. The maximum absolute atomic E-state index is 13.6. The van der Waals surface area contributed by atoms with Gasteiger partial charge in [-0.2, -0.15) is 0 Å². The fourth-order valence-corrected chi connectivity index (χ4v) is 3.04. The molecule has 0 amide bonds. The molecule has 0 unspecified atom stereocenters. The number of rotatable bonds is 4. The summed E-state index contributed by atoms with van der Waals surface area (Å²) < 4.78 is 28.5. The minimum atomic E-state index is -0.966. The lowest BCUT2D eigenvalue weighted by molar-refractivity contribution is 0.509. The summed E-state index contributed by atoms with van der Waals surface area (Å²) in [7, 11) is 0. The van der Waals surface area contributed by atoms with Gasteiger partial charge in [0, 0.05) is 16.7 Å². The summed E-state index contributed by atoms with van der Waals surface area (Å²) in [5, 5.41) is 8.32. The van der Waals surface area contributed by atoms with E-state index in [0.717, 1.165) is 23.5 Å². The standard InChI is InChI=1S/C22H21F2N7/c1-22(2,3)20-6-4-5-14(26-20)11-31-12-19(29-30-31)18-10-17(27-21(25)28-18)13-7-8-15(23)16(24)9-13/h4-10,12H,11H2,1-3H3,(H2,25,27,28). The van der Waals surface area contributed by atoms with E-state index in [4.69, 9.17) is 10.7 Å². The van der Waals surface area contributed by atoms with Crippen LogP contribution in [-0.4, -0.2) is 29.9 Å². The number of nitrogen functional groups attached to an aromatic ring is 1. The molecular weight excluding hydrogens is 400 g/mol. The van der Waals surface area contributed by atoms with E-state index >= 15 is 0 Å². The highest BCUT2D eigenvalue weighted by molar-refractivity contribution is 5.67. The summed E-state index contributed by atoms with van der Waals surface area (Å²) in [5.41, 5.74) is 9.26. The molecule has 7 nitrogen and oxygen atoms in total. The zero-order valence-electron chi connectivity index (χ0n) is 17.3. The van der Waals surface area contributed by atoms with Gasteiger partial charge in [0.05, 0.1) is 29.8 Å². The number of nitrogens with two attached hydrogens (primary N) is 1. The Morgan fingerprint density at radius 1 is 0.903 bits per heavy atom. The first-order chi connectivity index (χ1) is 14.7. The van der Waals surface area contributed by atoms with Gasteiger partial charge >= 0.3 is 0 Å². The number of hydrogen-bond acceptors (Lipinski definition) is 6. The van der Waals surface area contributed by atoms with Gasteiger partial charge in [-0.3, -0.25) is 4.98 Å². The highest BCUT2D eigenvalue weighted by atomic mass is 19.2. The van der Waals surface area contributed by atoms with Crippen molar-refractivity contribution in [1.29, 1.82) is 0 Å². The van der Waals surface area contributed by atoms with Crippen molar-refractivity contribution in [3.63, 3.8) is 0 Å². The minimum absolute atomic E-state index is 0.00803. The Morgan fingerprint density at radius 3 is 2.42 bits per heavy atom. The molecular formula is C22H21F2N7. The molecule has 3 aromatic heterocycles. The van der Waals surface area contributed by atoms with Gasteiger partial charge in [0.2, 0.25) is 5.95 Å². The van der Waals surface area contributed by atoms with Crippen molar-refractivity contribution in [3.05, 3.63) is 71.7 Å². The molecule has 0 fully saturated rings. The molecule has 0 aliphatic carbocycles. The monoisotopic (exact) mass is 421 g/mol. The normalized spacial score (nSPS) is 11.6. The van der Waals surface area contributed by atoms with Crippen LogP contribution in [0.25, 0.3) is 22.6 Å². The molecule has 0 spiro atoms. The van der Waals surface area contributed by atoms with Gasteiger partial charge in [0.15, 0.2) is 11.6 Å². The highest BCUT2D eigenvalue weighted by Gasteiger charge is 2.16. The molecule has 0 aliphatic heterocycles. The van der Waals surface area contributed by atoms with Crippen molar-refractivity contribution in [1.82, 2.24) is 29.9 Å². The Balaban J connectivity index is 1.62. The van der Waals surface area contributed by atoms with Crippen LogP contribution in [-0.2, 0) is 12.0 Å². The average molecular weight is 421 g/mol. The Hall–Kier alpha value is -3.75. The first kappa shape index (κ1) is 20.5. The Labute approximate surface area is 178 Å². The first-order valence-corrected chi connectivity index (χ1v) is 9.66. The first-order valence-electron chi connectivity index (χ1n) is 9.66. The van der Waals surface area contributed by atoms with Crippen LogP contribution in [0, 0.1) is 11.6 Å². The van der Waals surface area contributed by atoms with Gasteiger partial charge in [-0.15, -0.1) is 5.10 Å². The lowest BCUT2D eigenvalue weighted by atomic mass is 9.91. The largest absolute Gasteiger partial charge is 0.368 e. The summed E-state index contributed by atoms with van der Waals surface area (Å²) in [5.74, 6) is -1.91. The van der Waals surface area contributed by atoms with Crippen molar-refractivity contribution in [2.24, 2.45) is 0 Å². The molecule has 0 saturated heterocycles. The van der Waals surface area contributed by atoms with Crippen molar-refractivity contribution >= 4 is 5.95 Å². The second-order valence-electron chi connectivity index (χ2n) is 8.19. The number of nitrogens with zero attached hydrogens (tertiary/aromatic N) is 6. The molecule has 0 radical (unpaired) electrons. The fourth-order valence-electron chi connectivity index (χ4n) is 3.04. The second kappa shape index (κ2) is 7.82. The maximum Gasteiger partial charge on any atom is 0.221 e. The molecule has 4 aromatic rings. The van der Waals surface area contributed by atoms with Crippen LogP contribution in [0.15, 0.2) is 48.7 Å². The Bertz CT molecular complexity index is 1240. The second-order valence-corrected chi connectivity index (χ2v) is 8.19. The number of pyridine rings is 1. The van der Waals surface area contributed by atoms with Gasteiger partial charge in [-0.05, 0) is 36.4 Å². The molecule has 0 saturated carbocycles. The number of benzene rings is 1. The molecule has 158 valence electrons. The maximum atomic E-state index is 13.6. The van der Waals surface area contributed by atoms with Gasteiger partial charge < -0.3 is 5.73 Å².